The van der Waals surface area contributed by atoms with Crippen LogP contribution in [0, 0.1) is 0 Å². The molecule has 7 nitrogen and oxygen atoms in total. The zero-order valence-electron chi connectivity index (χ0n) is 14.9. The molecule has 0 saturated carbocycles. The number of benzene rings is 1. The summed E-state index contributed by atoms with van der Waals surface area (Å²) in [7, 11) is 0. The molecule has 0 bridgehead atoms. The Hall–Kier alpha value is -2.25. The lowest BCUT2D eigenvalue weighted by atomic mass is 10.2. The minimum atomic E-state index is -0.442. The second-order valence-corrected chi connectivity index (χ2v) is 6.60. The first kappa shape index (κ1) is 17.6. The average Bonchev–Trinajstić information content (AvgIpc) is 3.13. The number of ether oxygens (including phenoxy) is 1. The van der Waals surface area contributed by atoms with Crippen LogP contribution in [0.25, 0.3) is 5.69 Å². The van der Waals surface area contributed by atoms with Crippen molar-refractivity contribution < 1.29 is 9.53 Å². The van der Waals surface area contributed by atoms with Crippen molar-refractivity contribution in [2.45, 2.75) is 39.0 Å². The van der Waals surface area contributed by atoms with E-state index in [2.05, 4.69) is 34.4 Å². The fraction of sp³-hybridized carbons (Fsp3) is 0.500. The molecule has 2 unspecified atom stereocenters. The van der Waals surface area contributed by atoms with E-state index >= 15 is 0 Å². The maximum atomic E-state index is 12.5. The van der Waals surface area contributed by atoms with Gasteiger partial charge in [0.05, 0.1) is 24.5 Å². The minimum absolute atomic E-state index is 0.105. The maximum Gasteiger partial charge on any atom is 0.250 e. The molecule has 134 valence electrons. The van der Waals surface area contributed by atoms with Crippen LogP contribution in [0.2, 0.25) is 0 Å². The third kappa shape index (κ3) is 4.24. The van der Waals surface area contributed by atoms with Crippen molar-refractivity contribution in [3.05, 3.63) is 42.2 Å². The first-order chi connectivity index (χ1) is 12.0. The fourth-order valence-corrected chi connectivity index (χ4v) is 2.86. The maximum absolute atomic E-state index is 12.5. The molecule has 1 aliphatic heterocycles. The van der Waals surface area contributed by atoms with Gasteiger partial charge in [0.2, 0.25) is 0 Å². The van der Waals surface area contributed by atoms with Crippen molar-refractivity contribution in [3.8, 4) is 5.69 Å². The number of aromatic nitrogens is 3. The largest absolute Gasteiger partial charge is 0.366 e. The van der Waals surface area contributed by atoms with Crippen molar-refractivity contribution in [1.29, 1.82) is 0 Å². The van der Waals surface area contributed by atoms with E-state index in [1.54, 1.807) is 4.68 Å². The smallest absolute Gasteiger partial charge is 0.250 e. The average molecular weight is 343 g/mol. The fourth-order valence-electron chi connectivity index (χ4n) is 2.86. The third-order valence-electron chi connectivity index (χ3n) is 4.45. The summed E-state index contributed by atoms with van der Waals surface area (Å²) in [5, 5.41) is 11.3. The monoisotopic (exact) mass is 343 g/mol. The van der Waals surface area contributed by atoms with Crippen LogP contribution in [-0.4, -0.2) is 57.6 Å². The van der Waals surface area contributed by atoms with Gasteiger partial charge in [-0.05, 0) is 32.9 Å². The molecule has 2 atom stereocenters. The van der Waals surface area contributed by atoms with E-state index in [1.165, 1.54) is 0 Å². The number of carbonyl (C=O) groups excluding carboxylic acids is 1. The summed E-state index contributed by atoms with van der Waals surface area (Å²) in [6, 6.07) is 9.93. The van der Waals surface area contributed by atoms with E-state index in [4.69, 9.17) is 4.74 Å². The lowest BCUT2D eigenvalue weighted by Crippen LogP contribution is -2.52. The summed E-state index contributed by atoms with van der Waals surface area (Å²) in [5.74, 6) is -0.105. The van der Waals surface area contributed by atoms with Crippen LogP contribution >= 0.6 is 0 Å². The van der Waals surface area contributed by atoms with Gasteiger partial charge in [0.1, 0.15) is 11.8 Å². The molecule has 2 heterocycles. The van der Waals surface area contributed by atoms with Crippen molar-refractivity contribution in [1.82, 2.24) is 25.2 Å². The van der Waals surface area contributed by atoms with Crippen molar-refractivity contribution >= 4 is 5.91 Å². The van der Waals surface area contributed by atoms with E-state index in [0.29, 0.717) is 24.9 Å². The van der Waals surface area contributed by atoms with Gasteiger partial charge in [0.25, 0.3) is 5.91 Å². The summed E-state index contributed by atoms with van der Waals surface area (Å²) >= 11 is 0. The molecule has 0 aliphatic carbocycles. The van der Waals surface area contributed by atoms with E-state index < -0.39 is 6.10 Å². The van der Waals surface area contributed by atoms with Crippen LogP contribution in [-0.2, 0) is 9.53 Å². The Bertz CT molecular complexity index is 701. The van der Waals surface area contributed by atoms with Crippen LogP contribution < -0.4 is 5.32 Å². The predicted molar refractivity (Wildman–Crippen MR) is 94.4 cm³/mol. The topological polar surface area (TPSA) is 72.3 Å². The zero-order chi connectivity index (χ0) is 17.8. The number of morpholine rings is 1. The molecule has 7 heteroatoms. The summed E-state index contributed by atoms with van der Waals surface area (Å²) in [5.41, 5.74) is 1.65. The number of nitrogens with one attached hydrogen (secondary N) is 1. The van der Waals surface area contributed by atoms with Gasteiger partial charge in [-0.2, -0.15) is 0 Å². The Morgan fingerprint density at radius 3 is 2.76 bits per heavy atom. The number of para-hydroxylation sites is 1. The van der Waals surface area contributed by atoms with E-state index in [1.807, 2.05) is 43.5 Å². The van der Waals surface area contributed by atoms with Gasteiger partial charge in [-0.15, -0.1) is 5.10 Å². The molecule has 3 rings (SSSR count). The summed E-state index contributed by atoms with van der Waals surface area (Å²) in [6.07, 6.45) is 1.39. The normalized spacial score (nSPS) is 19.8. The van der Waals surface area contributed by atoms with Crippen LogP contribution in [0.5, 0.6) is 0 Å². The van der Waals surface area contributed by atoms with Crippen LogP contribution in [0.15, 0.2) is 36.5 Å². The first-order valence-electron chi connectivity index (χ1n) is 8.68. The molecular formula is C18H25N5O2. The quantitative estimate of drug-likeness (QED) is 0.892. The van der Waals surface area contributed by atoms with Crippen molar-refractivity contribution in [2.75, 3.05) is 19.7 Å². The van der Waals surface area contributed by atoms with Crippen LogP contribution in [0.3, 0.4) is 0 Å². The molecule has 1 fully saturated rings. The summed E-state index contributed by atoms with van der Waals surface area (Å²) in [4.78, 5) is 14.8. The lowest BCUT2D eigenvalue weighted by Gasteiger charge is -2.35. The molecule has 1 amide bonds. The number of nitrogens with zero attached hydrogens (tertiary/aromatic N) is 4. The van der Waals surface area contributed by atoms with E-state index in [9.17, 15) is 4.79 Å². The number of hydrogen-bond donors (Lipinski definition) is 1. The van der Waals surface area contributed by atoms with E-state index in [0.717, 1.165) is 12.2 Å². The van der Waals surface area contributed by atoms with Gasteiger partial charge in [0.15, 0.2) is 0 Å². The van der Waals surface area contributed by atoms with Crippen LogP contribution in [0.1, 0.15) is 32.5 Å². The molecule has 1 aromatic carbocycles. The number of hydrogen-bond acceptors (Lipinski definition) is 5. The highest BCUT2D eigenvalue weighted by molar-refractivity contribution is 5.81. The SMILES string of the molecule is CC(NC(=O)C1CN(C(C)C)CCO1)c1cn(-c2ccccc2)nn1. The van der Waals surface area contributed by atoms with Gasteiger partial charge < -0.3 is 10.1 Å². The number of amides is 1. The molecule has 1 aromatic heterocycles. The Morgan fingerprint density at radius 2 is 2.04 bits per heavy atom. The molecule has 0 spiro atoms. The zero-order valence-corrected chi connectivity index (χ0v) is 14.9. The Labute approximate surface area is 148 Å². The highest BCUT2D eigenvalue weighted by atomic mass is 16.5. The lowest BCUT2D eigenvalue weighted by molar-refractivity contribution is -0.140. The number of rotatable bonds is 5. The highest BCUT2D eigenvalue weighted by Crippen LogP contribution is 2.14. The Morgan fingerprint density at radius 1 is 1.28 bits per heavy atom. The first-order valence-corrected chi connectivity index (χ1v) is 8.68. The molecule has 1 saturated heterocycles. The molecule has 2 aromatic rings. The Kier molecular flexibility index (Phi) is 5.45. The third-order valence-corrected chi connectivity index (χ3v) is 4.45. The summed E-state index contributed by atoms with van der Waals surface area (Å²) in [6.45, 7) is 8.22. The van der Waals surface area contributed by atoms with Gasteiger partial charge in [0, 0.05) is 19.1 Å². The second-order valence-electron chi connectivity index (χ2n) is 6.60. The summed E-state index contributed by atoms with van der Waals surface area (Å²) < 4.78 is 7.34. The molecular weight excluding hydrogens is 318 g/mol. The molecule has 0 radical (unpaired) electrons. The second kappa shape index (κ2) is 7.76. The van der Waals surface area contributed by atoms with Crippen LogP contribution in [0.4, 0.5) is 0 Å². The molecule has 1 N–H and O–H groups in total. The van der Waals surface area contributed by atoms with Gasteiger partial charge in [-0.1, -0.05) is 23.4 Å². The molecule has 1 aliphatic rings. The molecule has 25 heavy (non-hydrogen) atoms. The van der Waals surface area contributed by atoms with Crippen molar-refractivity contribution in [3.63, 3.8) is 0 Å². The standard InChI is InChI=1S/C18H25N5O2/c1-13(2)22-9-10-25-17(12-22)18(24)19-14(3)16-11-23(21-20-16)15-7-5-4-6-8-15/h4-8,11,13-14,17H,9-10,12H2,1-3H3,(H,19,24). The van der Waals surface area contributed by atoms with Crippen molar-refractivity contribution in [2.24, 2.45) is 0 Å². The minimum Gasteiger partial charge on any atom is -0.366 e. The van der Waals surface area contributed by atoms with E-state index in [-0.39, 0.29) is 11.9 Å². The number of carbonyl (C=O) groups is 1. The predicted octanol–water partition coefficient (Wildman–Crippen LogP) is 1.55. The van der Waals surface area contributed by atoms with Gasteiger partial charge in [-0.3, -0.25) is 9.69 Å². The highest BCUT2D eigenvalue weighted by Gasteiger charge is 2.29. The van der Waals surface area contributed by atoms with Gasteiger partial charge >= 0.3 is 0 Å². The Balaban J connectivity index is 1.61. The van der Waals surface area contributed by atoms with Gasteiger partial charge in [-0.25, -0.2) is 4.68 Å².